The summed E-state index contributed by atoms with van der Waals surface area (Å²) in [4.78, 5) is 47.4. The van der Waals surface area contributed by atoms with Crippen molar-refractivity contribution in [3.63, 3.8) is 0 Å². The molecule has 0 saturated carbocycles. The zero-order chi connectivity index (χ0) is 92.9. The maximum atomic E-state index is 9.29. The third-order valence-corrected chi connectivity index (χ3v) is 24.5. The minimum absolute atomic E-state index is 0.635. The van der Waals surface area contributed by atoms with Crippen LogP contribution in [0.25, 0.3) is 229 Å². The molecule has 3 aromatic heterocycles. The molecule has 20 aromatic carbocycles. The summed E-state index contributed by atoms with van der Waals surface area (Å²) in [6, 6.07) is 169. The standard InChI is InChI=1S/2C44H28N4.C38H24N4/c45-29-30-9-7-14-37(27-30)31-17-21-33(22-18-31)40-16-8-15-39-28-38(25-26-41(39)40)32-19-23-36(24-20-32)44-47-42(34-10-3-1-4-11-34)46-43(48-44)35-12-5-2-6-13-35;45-29-30-14-16-31(17-15-30)32-18-22-34(23-19-32)40-13-7-12-39-28-38(26-27-41(39)40)33-20-24-37(25-21-33)44-47-42(35-8-3-1-4-9-35)46-43(48-44)36-10-5-2-6-11-36;1-39-35-18-9-8-16-34(35)33-17-10-15-31-25-30(23-24-32(31)33)26-19-21-29(22-20-26)38-41-36(27-11-4-2-5-12-27)40-37(42-38)28-13-6-3-7-14-28/h2*1-28H;2-25H. The van der Waals surface area contributed by atoms with Gasteiger partial charge in [-0.25, -0.2) is 49.7 Å². The van der Waals surface area contributed by atoms with Crippen LogP contribution in [-0.4, -0.2) is 44.9 Å². The van der Waals surface area contributed by atoms with Crippen molar-refractivity contribution in [3.05, 3.63) is 508 Å². The summed E-state index contributed by atoms with van der Waals surface area (Å²) in [7, 11) is 0. The molecule has 0 fully saturated rings. The molecule has 12 heteroatoms. The third kappa shape index (κ3) is 18.7. The second-order valence-corrected chi connectivity index (χ2v) is 33.2. The first-order valence-electron chi connectivity index (χ1n) is 45.4. The first kappa shape index (κ1) is 85.5. The van der Waals surface area contributed by atoms with Crippen molar-refractivity contribution in [1.29, 1.82) is 10.5 Å². The number of para-hydroxylation sites is 1. The van der Waals surface area contributed by atoms with Crippen molar-refractivity contribution < 1.29 is 0 Å². The van der Waals surface area contributed by atoms with Gasteiger partial charge in [0.1, 0.15) is 0 Å². The van der Waals surface area contributed by atoms with Crippen molar-refractivity contribution in [2.75, 3.05) is 0 Å². The number of fused-ring (bicyclic) bond motifs is 3. The number of nitriles is 2. The van der Waals surface area contributed by atoms with Crippen LogP contribution in [0.15, 0.2) is 485 Å². The minimum Gasteiger partial charge on any atom is -0.238 e. The summed E-state index contributed by atoms with van der Waals surface area (Å²) >= 11 is 0. The van der Waals surface area contributed by atoms with Crippen LogP contribution in [0.4, 0.5) is 5.69 Å². The lowest BCUT2D eigenvalue weighted by atomic mass is 9.94. The Labute approximate surface area is 799 Å². The molecule has 0 N–H and O–H groups in total. The highest BCUT2D eigenvalue weighted by Gasteiger charge is 2.20. The van der Waals surface area contributed by atoms with Crippen molar-refractivity contribution >= 4 is 38.0 Å². The van der Waals surface area contributed by atoms with E-state index in [0.717, 1.165) is 139 Å². The van der Waals surface area contributed by atoms with E-state index in [0.29, 0.717) is 69.2 Å². The highest BCUT2D eigenvalue weighted by molar-refractivity contribution is 6.03. The normalized spacial score (nSPS) is 10.9. The van der Waals surface area contributed by atoms with Gasteiger partial charge in [-0.2, -0.15) is 10.5 Å². The van der Waals surface area contributed by atoms with Crippen molar-refractivity contribution in [2.24, 2.45) is 0 Å². The lowest BCUT2D eigenvalue weighted by Gasteiger charge is -2.11. The smallest absolute Gasteiger partial charge is 0.194 e. The van der Waals surface area contributed by atoms with Crippen LogP contribution in [0.3, 0.4) is 0 Å². The Hall–Kier alpha value is -19.3. The fourth-order valence-corrected chi connectivity index (χ4v) is 17.4. The average Bonchev–Trinajstić information content (AvgIpc) is 0.777. The third-order valence-electron chi connectivity index (χ3n) is 24.5. The fraction of sp³-hybridized carbons (Fsp3) is 0. The Bertz CT molecular complexity index is 8340. The van der Waals surface area contributed by atoms with Gasteiger partial charge in [0, 0.05) is 50.1 Å². The van der Waals surface area contributed by atoms with Gasteiger partial charge in [0.05, 0.1) is 29.8 Å². The number of nitrogens with zero attached hydrogens (tertiary/aromatic N) is 12. The van der Waals surface area contributed by atoms with E-state index in [1.165, 1.54) is 32.7 Å². The molecule has 0 aliphatic heterocycles. The Morgan fingerprint density at radius 2 is 0.370 bits per heavy atom. The summed E-state index contributed by atoms with van der Waals surface area (Å²) in [5, 5.41) is 25.4. The van der Waals surface area contributed by atoms with E-state index >= 15 is 0 Å². The highest BCUT2D eigenvalue weighted by Crippen LogP contribution is 2.42. The molecule has 644 valence electrons. The largest absolute Gasteiger partial charge is 0.238 e. The molecule has 138 heavy (non-hydrogen) atoms. The predicted molar refractivity (Wildman–Crippen MR) is 560 cm³/mol. The van der Waals surface area contributed by atoms with E-state index in [9.17, 15) is 5.26 Å². The second-order valence-electron chi connectivity index (χ2n) is 33.2. The molecule has 0 unspecified atom stereocenters. The quantitative estimate of drug-likeness (QED) is 0.0796. The first-order valence-corrected chi connectivity index (χ1v) is 45.4. The van der Waals surface area contributed by atoms with Crippen LogP contribution >= 0.6 is 0 Å². The van der Waals surface area contributed by atoms with Crippen molar-refractivity contribution in [2.45, 2.75) is 0 Å². The van der Waals surface area contributed by atoms with E-state index in [4.69, 9.17) is 56.7 Å². The number of hydrogen-bond donors (Lipinski definition) is 0. The monoisotopic (exact) mass is 1760 g/mol. The fourth-order valence-electron chi connectivity index (χ4n) is 17.4. The molecule has 23 aromatic rings. The molecule has 3 heterocycles. The van der Waals surface area contributed by atoms with E-state index in [1.54, 1.807) is 0 Å². The van der Waals surface area contributed by atoms with Gasteiger partial charge in [0.2, 0.25) is 0 Å². The van der Waals surface area contributed by atoms with Crippen molar-refractivity contribution in [3.8, 4) is 204 Å². The molecular formula is C126H80N12. The lowest BCUT2D eigenvalue weighted by Crippen LogP contribution is -2.00. The molecule has 0 radical (unpaired) electrons. The molecule has 0 amide bonds. The van der Waals surface area contributed by atoms with Crippen LogP contribution in [0.5, 0.6) is 0 Å². The molecule has 0 bridgehead atoms. The molecule has 0 aliphatic rings. The van der Waals surface area contributed by atoms with Crippen LogP contribution < -0.4 is 0 Å². The number of rotatable bonds is 17. The van der Waals surface area contributed by atoms with Gasteiger partial charge in [-0.15, -0.1) is 0 Å². The molecule has 0 saturated heterocycles. The summed E-state index contributed by atoms with van der Waals surface area (Å²) in [5.41, 5.74) is 28.3. The number of aromatic nitrogens is 9. The van der Waals surface area contributed by atoms with Gasteiger partial charge >= 0.3 is 0 Å². The Morgan fingerprint density at radius 1 is 0.159 bits per heavy atom. The maximum Gasteiger partial charge on any atom is 0.194 e. The zero-order valence-electron chi connectivity index (χ0n) is 74.6. The van der Waals surface area contributed by atoms with Crippen LogP contribution in [-0.2, 0) is 0 Å². The summed E-state index contributed by atoms with van der Waals surface area (Å²) in [5.74, 6) is 5.81. The topological polar surface area (TPSA) is 168 Å². The van der Waals surface area contributed by atoms with Crippen LogP contribution in [0.1, 0.15) is 11.1 Å². The molecular weight excluding hydrogens is 1680 g/mol. The Morgan fingerprint density at radius 3 is 0.667 bits per heavy atom. The molecule has 12 nitrogen and oxygen atoms in total. The number of hydrogen-bond acceptors (Lipinski definition) is 11. The SMILES string of the molecule is N#Cc1ccc(-c2ccc(-c3cccc4cc(-c5ccc(-c6nc(-c7ccccc7)nc(-c7ccccc7)n6)cc5)ccc34)cc2)cc1.N#Cc1cccc(-c2ccc(-c3cccc4cc(-c5ccc(-c6nc(-c7ccccc7)nc(-c7ccccc7)n6)cc5)ccc34)cc2)c1.[C-]#[N+]c1ccccc1-c1cccc2cc(-c3ccc(-c4nc(-c5ccccc5)nc(-c5ccccc5)n4)cc3)ccc12. The van der Waals surface area contributed by atoms with Gasteiger partial charge in [0.15, 0.2) is 58.1 Å². The van der Waals surface area contributed by atoms with E-state index in [1.807, 2.05) is 255 Å². The van der Waals surface area contributed by atoms with E-state index in [-0.39, 0.29) is 0 Å². The maximum absolute atomic E-state index is 9.29. The van der Waals surface area contributed by atoms with Gasteiger partial charge in [-0.1, -0.05) is 443 Å². The van der Waals surface area contributed by atoms with Gasteiger partial charge in [-0.3, -0.25) is 0 Å². The Kier molecular flexibility index (Phi) is 24.4. The molecule has 0 spiro atoms. The highest BCUT2D eigenvalue weighted by atomic mass is 15.1. The predicted octanol–water partition coefficient (Wildman–Crippen LogP) is 31.7. The average molecular weight is 1760 g/mol. The molecule has 23 rings (SSSR count). The van der Waals surface area contributed by atoms with Crippen LogP contribution in [0, 0.1) is 29.2 Å². The molecule has 0 atom stereocenters. The van der Waals surface area contributed by atoms with E-state index in [2.05, 4.69) is 248 Å². The number of benzene rings is 20. The van der Waals surface area contributed by atoms with Crippen LogP contribution in [0.2, 0.25) is 0 Å². The van der Waals surface area contributed by atoms with Gasteiger partial charge in [0.25, 0.3) is 0 Å². The summed E-state index contributed by atoms with van der Waals surface area (Å²) in [6.45, 7) is 7.59. The van der Waals surface area contributed by atoms with Gasteiger partial charge in [-0.05, 0) is 164 Å². The lowest BCUT2D eigenvalue weighted by molar-refractivity contribution is 1.07. The minimum atomic E-state index is 0.635. The Balaban J connectivity index is 0.000000124. The zero-order valence-corrected chi connectivity index (χ0v) is 74.6. The molecule has 0 aliphatic carbocycles. The van der Waals surface area contributed by atoms with E-state index < -0.39 is 0 Å². The van der Waals surface area contributed by atoms with Gasteiger partial charge < -0.3 is 0 Å². The summed E-state index contributed by atoms with van der Waals surface area (Å²) in [6.07, 6.45) is 0. The summed E-state index contributed by atoms with van der Waals surface area (Å²) < 4.78 is 0. The van der Waals surface area contributed by atoms with Crippen molar-refractivity contribution in [1.82, 2.24) is 44.9 Å². The first-order chi connectivity index (χ1) is 68.2. The second kappa shape index (κ2) is 39.4.